The quantitative estimate of drug-likeness (QED) is 0.503. The first-order valence-corrected chi connectivity index (χ1v) is 11.4. The highest BCUT2D eigenvalue weighted by molar-refractivity contribution is 7.66. The summed E-state index contributed by atoms with van der Waals surface area (Å²) < 4.78 is 28.2. The van der Waals surface area contributed by atoms with Crippen molar-refractivity contribution in [1.82, 2.24) is 0 Å². The van der Waals surface area contributed by atoms with Gasteiger partial charge in [0.15, 0.2) is 0 Å². The Morgan fingerprint density at radius 2 is 1.67 bits per heavy atom. The van der Waals surface area contributed by atoms with Gasteiger partial charge in [-0.2, -0.15) is 0 Å². The van der Waals surface area contributed by atoms with Crippen LogP contribution in [0.3, 0.4) is 0 Å². The van der Waals surface area contributed by atoms with Gasteiger partial charge in [-0.1, -0.05) is 30.3 Å². The Morgan fingerprint density at radius 3 is 2.38 bits per heavy atom. The van der Waals surface area contributed by atoms with Crippen LogP contribution in [0.2, 0.25) is 0 Å². The van der Waals surface area contributed by atoms with Crippen molar-refractivity contribution in [3.05, 3.63) is 60.2 Å². The molecule has 0 radical (unpaired) electrons. The number of unbranched alkanes of at least 4 members (excludes halogenated alkanes) is 1. The molecule has 0 aliphatic carbocycles. The minimum atomic E-state index is -4.15. The van der Waals surface area contributed by atoms with Gasteiger partial charge in [-0.15, -0.1) is 0 Å². The summed E-state index contributed by atoms with van der Waals surface area (Å²) in [6, 6.07) is 17.4. The van der Waals surface area contributed by atoms with E-state index in [4.69, 9.17) is 14.5 Å². The number of aryl methyl sites for hydroxylation is 1. The van der Waals surface area contributed by atoms with Crippen LogP contribution in [0.15, 0.2) is 54.6 Å². The number of benzene rings is 2. The minimum absolute atomic E-state index is 0.385. The Bertz CT molecular complexity index is 712. The molecule has 0 fully saturated rings. The van der Waals surface area contributed by atoms with Crippen LogP contribution >= 0.6 is 15.4 Å². The maximum absolute atomic E-state index is 11.6. The molecule has 5 nitrogen and oxygen atoms in total. The van der Waals surface area contributed by atoms with E-state index in [1.54, 1.807) is 0 Å². The molecule has 0 bridgehead atoms. The van der Waals surface area contributed by atoms with E-state index in [1.807, 2.05) is 54.6 Å². The average molecular weight is 368 g/mol. The molecule has 2 aromatic carbocycles. The highest BCUT2D eigenvalue weighted by Gasteiger charge is 2.16. The van der Waals surface area contributed by atoms with Gasteiger partial charge in [0.05, 0.1) is 7.80 Å². The molecule has 0 amide bonds. The van der Waals surface area contributed by atoms with E-state index in [9.17, 15) is 9.13 Å². The Morgan fingerprint density at radius 1 is 0.958 bits per heavy atom. The van der Waals surface area contributed by atoms with Crippen molar-refractivity contribution in [2.45, 2.75) is 19.3 Å². The summed E-state index contributed by atoms with van der Waals surface area (Å²) in [5, 5.41) is 0. The van der Waals surface area contributed by atoms with Crippen LogP contribution in [0.25, 0.3) is 0 Å². The van der Waals surface area contributed by atoms with Crippen molar-refractivity contribution in [1.29, 1.82) is 0 Å². The fraction of sp³-hybridized carbons (Fsp3) is 0.294. The Hall–Kier alpha value is -1.38. The lowest BCUT2D eigenvalue weighted by atomic mass is 10.1. The lowest BCUT2D eigenvalue weighted by Gasteiger charge is -2.08. The maximum atomic E-state index is 11.6. The van der Waals surface area contributed by atoms with Crippen LogP contribution in [-0.2, 0) is 15.6 Å². The maximum Gasteiger partial charge on any atom is 0.332 e. The summed E-state index contributed by atoms with van der Waals surface area (Å²) in [6.07, 6.45) is 2.72. The summed E-state index contributed by atoms with van der Waals surface area (Å²) in [5.74, 6) is 1.08. The van der Waals surface area contributed by atoms with Gasteiger partial charge in [-0.25, -0.2) is 0 Å². The average Bonchev–Trinajstić information content (AvgIpc) is 2.51. The number of rotatable bonds is 9. The topological polar surface area (TPSA) is 83.8 Å². The molecule has 0 aliphatic heterocycles. The molecular weight excluding hydrogens is 346 g/mol. The molecule has 2 N–H and O–H groups in total. The molecule has 1 unspecified atom stereocenters. The third-order valence-electron chi connectivity index (χ3n) is 3.43. The van der Waals surface area contributed by atoms with Crippen molar-refractivity contribution in [3.8, 4) is 11.5 Å². The van der Waals surface area contributed by atoms with E-state index in [-0.39, 0.29) is 0 Å². The molecule has 2 aromatic rings. The molecule has 0 aromatic heterocycles. The van der Waals surface area contributed by atoms with E-state index in [0.717, 1.165) is 29.9 Å². The number of hydrogen-bond donors (Lipinski definition) is 2. The largest absolute Gasteiger partial charge is 0.457 e. The zero-order chi connectivity index (χ0) is 17.4. The molecule has 0 heterocycles. The van der Waals surface area contributed by atoms with Crippen molar-refractivity contribution in [3.63, 3.8) is 0 Å². The summed E-state index contributed by atoms with van der Waals surface area (Å²) in [6.45, 7) is 0. The predicted molar refractivity (Wildman–Crippen MR) is 96.7 cm³/mol. The second-order valence-electron chi connectivity index (χ2n) is 5.63. The normalized spacial score (nSPS) is 12.8. The SMILES string of the molecule is O=[PH](CCCCc1cccc(Oc2ccccc2)c1)CP(=O)(O)O. The van der Waals surface area contributed by atoms with Gasteiger partial charge in [-0.05, 0) is 55.3 Å². The Kier molecular flexibility index (Phi) is 7.26. The highest BCUT2D eigenvalue weighted by atomic mass is 31.2. The van der Waals surface area contributed by atoms with Gasteiger partial charge < -0.3 is 19.1 Å². The van der Waals surface area contributed by atoms with Crippen molar-refractivity contribution >= 4 is 15.4 Å². The minimum Gasteiger partial charge on any atom is -0.457 e. The fourth-order valence-corrected chi connectivity index (χ4v) is 5.46. The molecule has 0 saturated heterocycles. The molecular formula is C17H22O5P2. The molecule has 0 spiro atoms. The Labute approximate surface area is 142 Å². The lowest BCUT2D eigenvalue weighted by Crippen LogP contribution is -1.91. The molecule has 7 heteroatoms. The first-order valence-electron chi connectivity index (χ1n) is 7.80. The van der Waals surface area contributed by atoms with Gasteiger partial charge in [0, 0.05) is 0 Å². The molecule has 2 rings (SSSR count). The molecule has 1 atom stereocenters. The van der Waals surface area contributed by atoms with Crippen LogP contribution in [-0.4, -0.2) is 21.9 Å². The van der Waals surface area contributed by atoms with Gasteiger partial charge in [-0.3, -0.25) is 4.57 Å². The first-order chi connectivity index (χ1) is 11.4. The molecule has 0 saturated carbocycles. The van der Waals surface area contributed by atoms with Crippen LogP contribution in [0.4, 0.5) is 0 Å². The smallest absolute Gasteiger partial charge is 0.332 e. The monoisotopic (exact) mass is 368 g/mol. The zero-order valence-corrected chi connectivity index (χ0v) is 15.2. The van der Waals surface area contributed by atoms with E-state index in [2.05, 4.69) is 0 Å². The van der Waals surface area contributed by atoms with E-state index < -0.39 is 21.3 Å². The number of para-hydroxylation sites is 1. The van der Waals surface area contributed by atoms with E-state index in [1.165, 1.54) is 0 Å². The number of ether oxygens (including phenoxy) is 1. The third-order valence-corrected chi connectivity index (χ3v) is 7.40. The van der Waals surface area contributed by atoms with Gasteiger partial charge >= 0.3 is 7.60 Å². The number of hydrogen-bond acceptors (Lipinski definition) is 3. The van der Waals surface area contributed by atoms with Crippen molar-refractivity contribution < 1.29 is 23.7 Å². The third kappa shape index (κ3) is 7.46. The van der Waals surface area contributed by atoms with Gasteiger partial charge in [0.2, 0.25) is 0 Å². The van der Waals surface area contributed by atoms with Crippen LogP contribution in [0.1, 0.15) is 18.4 Å². The van der Waals surface area contributed by atoms with Gasteiger partial charge in [0.25, 0.3) is 0 Å². The lowest BCUT2D eigenvalue weighted by molar-refractivity contribution is 0.378. The van der Waals surface area contributed by atoms with E-state index in [0.29, 0.717) is 12.6 Å². The van der Waals surface area contributed by atoms with Crippen molar-refractivity contribution in [2.24, 2.45) is 0 Å². The summed E-state index contributed by atoms with van der Waals surface area (Å²) in [5.41, 5.74) is 1.12. The van der Waals surface area contributed by atoms with Crippen LogP contribution in [0, 0.1) is 0 Å². The van der Waals surface area contributed by atoms with Gasteiger partial charge in [0.1, 0.15) is 17.4 Å². The predicted octanol–water partition coefficient (Wildman–Crippen LogP) is 4.50. The fourth-order valence-electron chi connectivity index (χ4n) is 2.35. The highest BCUT2D eigenvalue weighted by Crippen LogP contribution is 2.45. The van der Waals surface area contributed by atoms with Crippen LogP contribution in [0.5, 0.6) is 11.5 Å². The standard InChI is InChI=1S/C17H22O5P2/c18-23(14-24(19,20)21)12-5-4-7-15-8-6-11-17(13-15)22-16-9-2-1-3-10-16/h1-3,6,8-11,13,23H,4-5,7,12,14H2,(H2,19,20,21). The van der Waals surface area contributed by atoms with Crippen molar-refractivity contribution in [2.75, 3.05) is 12.1 Å². The zero-order valence-electron chi connectivity index (χ0n) is 13.3. The Balaban J connectivity index is 1.78. The summed E-state index contributed by atoms with van der Waals surface area (Å²) in [4.78, 5) is 17.6. The van der Waals surface area contributed by atoms with E-state index >= 15 is 0 Å². The summed E-state index contributed by atoms with van der Waals surface area (Å²) in [7, 11) is -6.34. The second-order valence-corrected chi connectivity index (χ2v) is 9.80. The molecule has 24 heavy (non-hydrogen) atoms. The molecule has 130 valence electrons. The second kappa shape index (κ2) is 9.19. The molecule has 0 aliphatic rings. The summed E-state index contributed by atoms with van der Waals surface area (Å²) >= 11 is 0. The van der Waals surface area contributed by atoms with Crippen LogP contribution < -0.4 is 4.74 Å². The first kappa shape index (κ1) is 19.0.